The van der Waals surface area contributed by atoms with Gasteiger partial charge in [-0.1, -0.05) is 0 Å². The van der Waals surface area contributed by atoms with Crippen molar-refractivity contribution in [1.82, 2.24) is 10.3 Å². The lowest BCUT2D eigenvalue weighted by atomic mass is 9.89. The number of aliphatic hydroxyl groups excluding tert-OH is 1. The Balaban J connectivity index is 1.77. The van der Waals surface area contributed by atoms with Crippen LogP contribution in [0.1, 0.15) is 17.4 Å². The highest BCUT2D eigenvalue weighted by molar-refractivity contribution is 5.93. The second kappa shape index (κ2) is 8.37. The smallest absolute Gasteiger partial charge is 0.270 e. The minimum atomic E-state index is -0.646. The Morgan fingerprint density at radius 1 is 1.52 bits per heavy atom. The van der Waals surface area contributed by atoms with Crippen LogP contribution in [0.15, 0.2) is 12.1 Å². The van der Waals surface area contributed by atoms with E-state index in [0.29, 0.717) is 26.3 Å². The van der Waals surface area contributed by atoms with E-state index < -0.39 is 18.0 Å². The largest absolute Gasteiger partial charge is 0.475 e. The van der Waals surface area contributed by atoms with Crippen LogP contribution in [0.3, 0.4) is 0 Å². The number of rotatable bonds is 9. The summed E-state index contributed by atoms with van der Waals surface area (Å²) in [5.41, 5.74) is 0.272. The number of aromatic nitrogens is 1. The van der Waals surface area contributed by atoms with Crippen molar-refractivity contribution >= 4 is 11.6 Å². The first-order valence-corrected chi connectivity index (χ1v) is 8.97. The monoisotopic (exact) mass is 383 g/mol. The molecule has 2 saturated heterocycles. The average molecular weight is 383 g/mol. The van der Waals surface area contributed by atoms with Crippen LogP contribution in [0.4, 0.5) is 10.1 Å². The number of aliphatic hydroxyl groups is 1. The van der Waals surface area contributed by atoms with Gasteiger partial charge in [-0.15, -0.1) is 0 Å². The lowest BCUT2D eigenvalue weighted by molar-refractivity contribution is -0.141. The lowest BCUT2D eigenvalue weighted by Gasteiger charge is -2.41. The summed E-state index contributed by atoms with van der Waals surface area (Å²) in [5.74, 6) is -0.118. The van der Waals surface area contributed by atoms with Crippen molar-refractivity contribution in [1.29, 1.82) is 0 Å². The predicted molar refractivity (Wildman–Crippen MR) is 96.0 cm³/mol. The summed E-state index contributed by atoms with van der Waals surface area (Å²) < 4.78 is 29.6. The fourth-order valence-electron chi connectivity index (χ4n) is 2.84. The zero-order valence-electron chi connectivity index (χ0n) is 15.6. The number of halogens is 1. The van der Waals surface area contributed by atoms with E-state index in [1.165, 1.54) is 0 Å². The Morgan fingerprint density at radius 2 is 2.26 bits per heavy atom. The van der Waals surface area contributed by atoms with Crippen LogP contribution in [0.25, 0.3) is 0 Å². The summed E-state index contributed by atoms with van der Waals surface area (Å²) in [6, 6.07) is 2.99. The first-order valence-electron chi connectivity index (χ1n) is 8.97. The van der Waals surface area contributed by atoms with E-state index in [0.717, 1.165) is 5.69 Å². The van der Waals surface area contributed by atoms with Crippen molar-refractivity contribution in [2.45, 2.75) is 19.1 Å². The van der Waals surface area contributed by atoms with Crippen molar-refractivity contribution in [3.63, 3.8) is 0 Å². The maximum absolute atomic E-state index is 13.3. The highest BCUT2D eigenvalue weighted by Crippen LogP contribution is 2.34. The van der Waals surface area contributed by atoms with Crippen molar-refractivity contribution < 1.29 is 28.5 Å². The topological polar surface area (TPSA) is 93.2 Å². The quantitative estimate of drug-likeness (QED) is 0.637. The van der Waals surface area contributed by atoms with E-state index in [2.05, 4.69) is 10.3 Å². The molecular weight excluding hydrogens is 357 g/mol. The maximum Gasteiger partial charge on any atom is 0.270 e. The zero-order valence-corrected chi connectivity index (χ0v) is 15.6. The molecule has 0 bridgehead atoms. The van der Waals surface area contributed by atoms with Gasteiger partial charge < -0.3 is 29.5 Å². The van der Waals surface area contributed by atoms with Crippen molar-refractivity contribution in [2.75, 3.05) is 58.2 Å². The third kappa shape index (κ3) is 4.31. The first kappa shape index (κ1) is 19.8. The molecule has 2 N–H and O–H groups in total. The normalized spacial score (nSPS) is 19.8. The number of carbonyl (C=O) groups is 1. The van der Waals surface area contributed by atoms with Gasteiger partial charge in [-0.3, -0.25) is 9.18 Å². The van der Waals surface area contributed by atoms with E-state index in [1.54, 1.807) is 26.2 Å². The molecule has 1 aromatic rings. The molecule has 0 unspecified atom stereocenters. The molecular formula is C18H26FN3O5. The second-order valence-corrected chi connectivity index (χ2v) is 7.26. The molecule has 1 atom stereocenters. The summed E-state index contributed by atoms with van der Waals surface area (Å²) in [7, 11) is 1.66. The molecule has 1 aromatic heterocycles. The number of nitrogens with one attached hydrogen (secondary N) is 1. The number of hydrogen-bond donors (Lipinski definition) is 2. The fraction of sp³-hybridized carbons (Fsp3) is 0.667. The van der Waals surface area contributed by atoms with Gasteiger partial charge in [-0.2, -0.15) is 0 Å². The Labute approximate surface area is 157 Å². The number of nitrogens with zero attached hydrogens (tertiary/aromatic N) is 2. The number of carbonyl (C=O) groups excluding carboxylic acids is 1. The average Bonchev–Trinajstić information content (AvgIpc) is 2.60. The molecule has 3 rings (SSSR count). The van der Waals surface area contributed by atoms with Gasteiger partial charge in [0, 0.05) is 26.2 Å². The minimum Gasteiger partial charge on any atom is -0.475 e. The number of anilines is 1. The third-order valence-electron chi connectivity index (χ3n) is 4.86. The van der Waals surface area contributed by atoms with Crippen LogP contribution in [0.5, 0.6) is 5.88 Å². The summed E-state index contributed by atoms with van der Waals surface area (Å²) in [4.78, 5) is 18.7. The summed E-state index contributed by atoms with van der Waals surface area (Å²) in [6.07, 6.45) is 0.142. The van der Waals surface area contributed by atoms with E-state index in [9.17, 15) is 9.18 Å². The molecule has 0 saturated carbocycles. The van der Waals surface area contributed by atoms with Gasteiger partial charge >= 0.3 is 0 Å². The van der Waals surface area contributed by atoms with Crippen LogP contribution in [-0.2, 0) is 9.47 Å². The standard InChI is InChI=1S/C18H26FN3O5/c1-12(7-23)20-16(24)14-3-4-15(22-5-13(6-22)25-2)17(21-14)27-11-18(8-19)9-26-10-18/h3-4,12-13,23H,5-11H2,1-2H3,(H,20,24)/t12-/m0/s1. The SMILES string of the molecule is COC1CN(c2ccc(C(=O)N[C@@H](C)CO)nc2OCC2(CF)COC2)C1. The number of pyridine rings is 1. The van der Waals surface area contributed by atoms with Gasteiger partial charge in [0.2, 0.25) is 5.88 Å². The molecule has 3 heterocycles. The van der Waals surface area contributed by atoms with E-state index in [4.69, 9.17) is 19.3 Å². The van der Waals surface area contributed by atoms with Crippen LogP contribution < -0.4 is 15.0 Å². The molecule has 2 aliphatic heterocycles. The van der Waals surface area contributed by atoms with Gasteiger partial charge in [0.05, 0.1) is 31.3 Å². The third-order valence-corrected chi connectivity index (χ3v) is 4.86. The number of ether oxygens (including phenoxy) is 3. The Morgan fingerprint density at radius 3 is 2.81 bits per heavy atom. The zero-order chi connectivity index (χ0) is 19.4. The van der Waals surface area contributed by atoms with Crippen molar-refractivity contribution in [2.24, 2.45) is 5.41 Å². The summed E-state index contributed by atoms with van der Waals surface area (Å²) in [5, 5.41) is 11.7. The molecule has 0 radical (unpaired) electrons. The molecule has 8 nitrogen and oxygen atoms in total. The molecule has 150 valence electrons. The molecule has 0 aromatic carbocycles. The van der Waals surface area contributed by atoms with E-state index in [-0.39, 0.29) is 36.9 Å². The van der Waals surface area contributed by atoms with Gasteiger partial charge in [0.15, 0.2) is 0 Å². The summed E-state index contributed by atoms with van der Waals surface area (Å²) >= 11 is 0. The van der Waals surface area contributed by atoms with E-state index >= 15 is 0 Å². The van der Waals surface area contributed by atoms with Crippen LogP contribution in [-0.4, -0.2) is 81.4 Å². The summed E-state index contributed by atoms with van der Waals surface area (Å²) in [6.45, 7) is 3.12. The molecule has 2 fully saturated rings. The van der Waals surface area contributed by atoms with Crippen LogP contribution in [0.2, 0.25) is 0 Å². The van der Waals surface area contributed by atoms with Gasteiger partial charge in [-0.05, 0) is 19.1 Å². The highest BCUT2D eigenvalue weighted by Gasteiger charge is 2.40. The first-order chi connectivity index (χ1) is 13.0. The fourth-order valence-corrected chi connectivity index (χ4v) is 2.84. The van der Waals surface area contributed by atoms with Crippen LogP contribution >= 0.6 is 0 Å². The minimum absolute atomic E-state index is 0.128. The Kier molecular flexibility index (Phi) is 6.13. The van der Waals surface area contributed by atoms with Crippen molar-refractivity contribution in [3.05, 3.63) is 17.8 Å². The van der Waals surface area contributed by atoms with E-state index in [1.807, 2.05) is 4.90 Å². The van der Waals surface area contributed by atoms with Crippen molar-refractivity contribution in [3.8, 4) is 5.88 Å². The maximum atomic E-state index is 13.3. The second-order valence-electron chi connectivity index (χ2n) is 7.26. The van der Waals surface area contributed by atoms with Crippen LogP contribution in [0, 0.1) is 5.41 Å². The number of alkyl halides is 1. The van der Waals surface area contributed by atoms with Gasteiger partial charge in [0.25, 0.3) is 5.91 Å². The molecule has 0 spiro atoms. The Bertz CT molecular complexity index is 659. The predicted octanol–water partition coefficient (Wildman–Crippen LogP) is 0.392. The molecule has 1 amide bonds. The molecule has 9 heteroatoms. The van der Waals surface area contributed by atoms with Gasteiger partial charge in [0.1, 0.15) is 24.7 Å². The highest BCUT2D eigenvalue weighted by atomic mass is 19.1. The lowest BCUT2D eigenvalue weighted by Crippen LogP contribution is -2.52. The molecule has 27 heavy (non-hydrogen) atoms. The molecule has 0 aliphatic carbocycles. The molecule has 2 aliphatic rings. The van der Waals surface area contributed by atoms with Gasteiger partial charge in [-0.25, -0.2) is 4.98 Å². The number of amides is 1. The number of hydrogen-bond acceptors (Lipinski definition) is 7. The number of methoxy groups -OCH3 is 1. The Hall–Kier alpha value is -1.97.